The van der Waals surface area contributed by atoms with Crippen molar-refractivity contribution in [1.29, 1.82) is 0 Å². The van der Waals surface area contributed by atoms with Gasteiger partial charge in [-0.2, -0.15) is 0 Å². The van der Waals surface area contributed by atoms with Crippen LogP contribution in [0.5, 0.6) is 0 Å². The van der Waals surface area contributed by atoms with Gasteiger partial charge in [-0.05, 0) is 41.3 Å². The average molecular weight is 483 g/mol. The number of amides is 2. The molecule has 0 saturated carbocycles. The number of nitrogens with one attached hydrogen (secondary N) is 1. The molecule has 1 N–H and O–H groups in total. The molecule has 0 atom stereocenters. The lowest BCUT2D eigenvalue weighted by atomic mass is 10.1. The number of benzene rings is 3. The predicted octanol–water partition coefficient (Wildman–Crippen LogP) is 4.54. The Hall–Kier alpha value is -3.84. The number of anilines is 1. The van der Waals surface area contributed by atoms with E-state index in [-0.39, 0.29) is 17.6 Å². The lowest BCUT2D eigenvalue weighted by Crippen LogP contribution is -2.30. The van der Waals surface area contributed by atoms with E-state index in [9.17, 15) is 9.59 Å². The van der Waals surface area contributed by atoms with E-state index in [2.05, 4.69) is 28.5 Å². The molecule has 1 aliphatic rings. The summed E-state index contributed by atoms with van der Waals surface area (Å²) in [6, 6.07) is 23.7. The Bertz CT molecular complexity index is 1340. The van der Waals surface area contributed by atoms with Crippen LogP contribution in [-0.4, -0.2) is 33.7 Å². The van der Waals surface area contributed by atoms with Crippen molar-refractivity contribution >= 4 is 29.3 Å². The molecular formula is C28H26N4O2S. The summed E-state index contributed by atoms with van der Waals surface area (Å²) in [6.07, 6.45) is 6.36. The molecule has 0 unspecified atom stereocenters. The summed E-state index contributed by atoms with van der Waals surface area (Å²) < 4.78 is 2.01. The van der Waals surface area contributed by atoms with Crippen LogP contribution in [0.25, 0.3) is 0 Å². The van der Waals surface area contributed by atoms with Gasteiger partial charge in [-0.15, -0.1) is 11.8 Å². The van der Waals surface area contributed by atoms with E-state index in [1.54, 1.807) is 12.5 Å². The van der Waals surface area contributed by atoms with E-state index in [1.165, 1.54) is 17.3 Å². The van der Waals surface area contributed by atoms with Crippen LogP contribution < -0.4 is 10.2 Å². The Kier molecular flexibility index (Phi) is 6.95. The van der Waals surface area contributed by atoms with Crippen molar-refractivity contribution in [2.45, 2.75) is 24.4 Å². The maximum atomic E-state index is 13.0. The Morgan fingerprint density at radius 2 is 1.80 bits per heavy atom. The number of carbonyl (C=O) groups is 2. The maximum Gasteiger partial charge on any atom is 0.252 e. The van der Waals surface area contributed by atoms with Gasteiger partial charge < -0.3 is 14.8 Å². The molecule has 0 bridgehead atoms. The third-order valence-electron chi connectivity index (χ3n) is 6.04. The molecule has 0 fully saturated rings. The number of para-hydroxylation sites is 1. The normalized spacial score (nSPS) is 12.4. The third kappa shape index (κ3) is 5.46. The summed E-state index contributed by atoms with van der Waals surface area (Å²) in [5.74, 6) is 0.200. The Morgan fingerprint density at radius 1 is 0.971 bits per heavy atom. The van der Waals surface area contributed by atoms with Gasteiger partial charge in [0.05, 0.1) is 17.6 Å². The number of hydrogen-bond donors (Lipinski definition) is 1. The second-order valence-corrected chi connectivity index (χ2v) is 9.46. The van der Waals surface area contributed by atoms with Gasteiger partial charge in [0.2, 0.25) is 5.91 Å². The zero-order valence-electron chi connectivity index (χ0n) is 19.3. The first-order chi connectivity index (χ1) is 17.2. The number of hydrogen-bond acceptors (Lipinski definition) is 4. The summed E-state index contributed by atoms with van der Waals surface area (Å²) in [4.78, 5) is 32.7. The van der Waals surface area contributed by atoms with Gasteiger partial charge in [0, 0.05) is 42.6 Å². The second-order valence-electron chi connectivity index (χ2n) is 8.45. The molecule has 1 aromatic heterocycles. The van der Waals surface area contributed by atoms with Crippen LogP contribution in [0.1, 0.15) is 27.0 Å². The first kappa shape index (κ1) is 22.9. The molecule has 0 aliphatic carbocycles. The molecule has 176 valence electrons. The van der Waals surface area contributed by atoms with Crippen LogP contribution in [0.2, 0.25) is 0 Å². The van der Waals surface area contributed by atoms with Crippen LogP contribution >= 0.6 is 11.8 Å². The summed E-state index contributed by atoms with van der Waals surface area (Å²) in [5, 5.41) is 3.03. The van der Waals surface area contributed by atoms with Gasteiger partial charge in [0.25, 0.3) is 5.91 Å². The smallest absolute Gasteiger partial charge is 0.252 e. The summed E-state index contributed by atoms with van der Waals surface area (Å²) in [6.45, 7) is 1.87. The fourth-order valence-corrected chi connectivity index (χ4v) is 5.23. The van der Waals surface area contributed by atoms with Crippen molar-refractivity contribution in [1.82, 2.24) is 14.9 Å². The van der Waals surface area contributed by atoms with E-state index >= 15 is 0 Å². The molecule has 3 aromatic carbocycles. The summed E-state index contributed by atoms with van der Waals surface area (Å²) >= 11 is 1.41. The number of aromatic nitrogens is 2. The second kappa shape index (κ2) is 10.6. The van der Waals surface area contributed by atoms with Gasteiger partial charge in [0.15, 0.2) is 0 Å². The molecule has 6 nitrogen and oxygen atoms in total. The number of carbonyl (C=O) groups excluding carboxylic acids is 2. The van der Waals surface area contributed by atoms with Crippen molar-refractivity contribution in [3.8, 4) is 0 Å². The first-order valence-corrected chi connectivity index (χ1v) is 12.6. The molecule has 0 radical (unpaired) electrons. The number of thioether (sulfide) groups is 1. The van der Waals surface area contributed by atoms with E-state index in [0.717, 1.165) is 34.7 Å². The monoisotopic (exact) mass is 482 g/mol. The van der Waals surface area contributed by atoms with E-state index < -0.39 is 0 Å². The van der Waals surface area contributed by atoms with Crippen molar-refractivity contribution < 1.29 is 9.59 Å². The van der Waals surface area contributed by atoms with Gasteiger partial charge in [-0.1, -0.05) is 54.6 Å². The van der Waals surface area contributed by atoms with E-state index in [1.807, 2.05) is 70.3 Å². The Labute approximate surface area is 209 Å². The average Bonchev–Trinajstić information content (AvgIpc) is 3.56. The van der Waals surface area contributed by atoms with E-state index in [0.29, 0.717) is 18.7 Å². The van der Waals surface area contributed by atoms with E-state index in [4.69, 9.17) is 0 Å². The fraction of sp³-hybridized carbons (Fsp3) is 0.179. The lowest BCUT2D eigenvalue weighted by molar-refractivity contribution is -0.116. The van der Waals surface area contributed by atoms with Gasteiger partial charge >= 0.3 is 0 Å². The zero-order chi connectivity index (χ0) is 24.0. The SMILES string of the molecule is O=C(NCc1cccc(Cn2ccnc2)c1)c1ccccc1SCC(=O)N1CCc2ccccc21. The summed E-state index contributed by atoms with van der Waals surface area (Å²) in [5.41, 5.74) is 4.97. The van der Waals surface area contributed by atoms with Crippen LogP contribution in [-0.2, 0) is 24.3 Å². The van der Waals surface area contributed by atoms with Crippen LogP contribution in [0.4, 0.5) is 5.69 Å². The number of rotatable bonds is 8. The highest BCUT2D eigenvalue weighted by Crippen LogP contribution is 2.29. The van der Waals surface area contributed by atoms with Gasteiger partial charge in [-0.3, -0.25) is 9.59 Å². The van der Waals surface area contributed by atoms with Crippen LogP contribution in [0.3, 0.4) is 0 Å². The molecule has 7 heteroatoms. The van der Waals surface area contributed by atoms with Crippen molar-refractivity contribution in [2.75, 3.05) is 17.2 Å². The van der Waals surface area contributed by atoms with Crippen LogP contribution in [0, 0.1) is 0 Å². The third-order valence-corrected chi connectivity index (χ3v) is 7.10. The minimum Gasteiger partial charge on any atom is -0.348 e. The molecule has 35 heavy (non-hydrogen) atoms. The van der Waals surface area contributed by atoms with Crippen molar-refractivity contribution in [2.24, 2.45) is 0 Å². The molecule has 0 saturated heterocycles. The number of fused-ring (bicyclic) bond motifs is 1. The predicted molar refractivity (Wildman–Crippen MR) is 139 cm³/mol. The molecule has 2 heterocycles. The molecule has 1 aliphatic heterocycles. The fourth-order valence-electron chi connectivity index (χ4n) is 4.30. The molecule has 4 aromatic rings. The zero-order valence-corrected chi connectivity index (χ0v) is 20.1. The molecule has 2 amide bonds. The highest BCUT2D eigenvalue weighted by Gasteiger charge is 2.24. The Morgan fingerprint density at radius 3 is 2.69 bits per heavy atom. The van der Waals surface area contributed by atoms with Crippen molar-refractivity contribution in [3.63, 3.8) is 0 Å². The standard InChI is InChI=1S/C28H26N4O2S/c33-27(32-14-12-23-8-1-3-10-25(23)32)19-35-26-11-4-2-9-24(26)28(34)30-17-21-6-5-7-22(16-21)18-31-15-13-29-20-31/h1-11,13,15-16,20H,12,14,17-19H2,(H,30,34). The van der Waals surface area contributed by atoms with Gasteiger partial charge in [-0.25, -0.2) is 4.98 Å². The molecule has 5 rings (SSSR count). The molecular weight excluding hydrogens is 456 g/mol. The molecule has 0 spiro atoms. The van der Waals surface area contributed by atoms with Crippen molar-refractivity contribution in [3.05, 3.63) is 114 Å². The van der Waals surface area contributed by atoms with Crippen LogP contribution in [0.15, 0.2) is 96.4 Å². The minimum absolute atomic E-state index is 0.0601. The Balaban J connectivity index is 1.20. The topological polar surface area (TPSA) is 67.2 Å². The minimum atomic E-state index is -0.146. The largest absolute Gasteiger partial charge is 0.348 e. The first-order valence-electron chi connectivity index (χ1n) is 11.6. The van der Waals surface area contributed by atoms with Gasteiger partial charge in [0.1, 0.15) is 0 Å². The maximum absolute atomic E-state index is 13.0. The number of imidazole rings is 1. The highest BCUT2D eigenvalue weighted by molar-refractivity contribution is 8.00. The number of nitrogens with zero attached hydrogens (tertiary/aromatic N) is 3. The quantitative estimate of drug-likeness (QED) is 0.375. The summed E-state index contributed by atoms with van der Waals surface area (Å²) in [7, 11) is 0. The highest BCUT2D eigenvalue weighted by atomic mass is 32.2. The lowest BCUT2D eigenvalue weighted by Gasteiger charge is -2.17.